The zero-order valence-electron chi connectivity index (χ0n) is 19.7. The normalized spacial score (nSPS) is 14.9. The molecular formula is C25H27N9O2. The SMILES string of the molecule is Nc1nonc1-n1nnc(C(=O)NN=Cc2ccccc2)c1CN1CCC(Cc2ccccc2)CC1. The predicted octanol–water partition coefficient (Wildman–Crippen LogP) is 2.45. The number of piperidine rings is 1. The lowest BCUT2D eigenvalue weighted by molar-refractivity contribution is 0.0946. The van der Waals surface area contributed by atoms with Crippen molar-refractivity contribution < 1.29 is 9.42 Å². The monoisotopic (exact) mass is 485 g/mol. The first-order valence-electron chi connectivity index (χ1n) is 11.8. The fraction of sp³-hybridized carbons (Fsp3) is 0.280. The van der Waals surface area contributed by atoms with Crippen molar-refractivity contribution >= 4 is 17.9 Å². The highest BCUT2D eigenvalue weighted by atomic mass is 16.6. The van der Waals surface area contributed by atoms with Gasteiger partial charge in [-0.25, -0.2) is 10.1 Å². The van der Waals surface area contributed by atoms with Crippen LogP contribution in [-0.4, -0.2) is 55.4 Å². The summed E-state index contributed by atoms with van der Waals surface area (Å²) in [6, 6.07) is 20.0. The van der Waals surface area contributed by atoms with Crippen LogP contribution in [0.15, 0.2) is 70.4 Å². The van der Waals surface area contributed by atoms with Crippen LogP contribution in [0.3, 0.4) is 0 Å². The summed E-state index contributed by atoms with van der Waals surface area (Å²) < 4.78 is 6.16. The van der Waals surface area contributed by atoms with Gasteiger partial charge >= 0.3 is 0 Å². The number of amides is 1. The quantitative estimate of drug-likeness (QED) is 0.286. The number of hydrazone groups is 1. The summed E-state index contributed by atoms with van der Waals surface area (Å²) in [5.74, 6) is 0.412. The fourth-order valence-corrected chi connectivity index (χ4v) is 4.39. The van der Waals surface area contributed by atoms with E-state index in [0.717, 1.165) is 37.9 Å². The number of carbonyl (C=O) groups excluding carboxylic acids is 1. The Morgan fingerprint density at radius 2 is 1.81 bits per heavy atom. The zero-order valence-corrected chi connectivity index (χ0v) is 19.7. The smallest absolute Gasteiger partial charge is 0.293 e. The van der Waals surface area contributed by atoms with Crippen molar-refractivity contribution in [2.45, 2.75) is 25.8 Å². The summed E-state index contributed by atoms with van der Waals surface area (Å²) in [7, 11) is 0. The van der Waals surface area contributed by atoms with Gasteiger partial charge in [-0.1, -0.05) is 65.9 Å². The van der Waals surface area contributed by atoms with E-state index in [1.54, 1.807) is 6.21 Å². The first kappa shape index (κ1) is 23.4. The Labute approximate surface area is 207 Å². The second-order valence-corrected chi connectivity index (χ2v) is 8.79. The summed E-state index contributed by atoms with van der Waals surface area (Å²) in [5, 5.41) is 19.8. The van der Waals surface area contributed by atoms with Gasteiger partial charge < -0.3 is 5.73 Å². The molecule has 0 bridgehead atoms. The number of hydrogen-bond donors (Lipinski definition) is 2. The molecule has 1 aliphatic rings. The van der Waals surface area contributed by atoms with E-state index in [1.807, 2.05) is 36.4 Å². The Morgan fingerprint density at radius 3 is 2.50 bits per heavy atom. The van der Waals surface area contributed by atoms with Gasteiger partial charge in [-0.15, -0.1) is 5.10 Å². The molecule has 3 N–H and O–H groups in total. The molecular weight excluding hydrogens is 458 g/mol. The molecule has 0 unspecified atom stereocenters. The third-order valence-corrected chi connectivity index (χ3v) is 6.30. The minimum Gasteiger partial charge on any atom is -0.378 e. The lowest BCUT2D eigenvalue weighted by Gasteiger charge is -2.32. The van der Waals surface area contributed by atoms with E-state index in [0.29, 0.717) is 18.2 Å². The number of benzene rings is 2. The summed E-state index contributed by atoms with van der Waals surface area (Å²) in [6.07, 6.45) is 4.77. The van der Waals surface area contributed by atoms with E-state index in [-0.39, 0.29) is 17.3 Å². The molecule has 2 aromatic heterocycles. The Bertz CT molecular complexity index is 1310. The van der Waals surface area contributed by atoms with E-state index in [9.17, 15) is 4.79 Å². The van der Waals surface area contributed by atoms with Gasteiger partial charge in [0.2, 0.25) is 11.6 Å². The Kier molecular flexibility index (Phi) is 7.08. The van der Waals surface area contributed by atoms with Gasteiger partial charge in [-0.3, -0.25) is 9.69 Å². The maximum absolute atomic E-state index is 13.0. The van der Waals surface area contributed by atoms with E-state index in [2.05, 4.69) is 60.3 Å². The molecule has 1 saturated heterocycles. The van der Waals surface area contributed by atoms with Crippen molar-refractivity contribution in [2.24, 2.45) is 11.0 Å². The third-order valence-electron chi connectivity index (χ3n) is 6.30. The number of nitrogens with two attached hydrogens (primary N) is 1. The first-order valence-corrected chi connectivity index (χ1v) is 11.8. The Hall–Kier alpha value is -4.38. The number of nitrogens with one attached hydrogen (secondary N) is 1. The van der Waals surface area contributed by atoms with E-state index in [4.69, 9.17) is 10.4 Å². The van der Waals surface area contributed by atoms with Gasteiger partial charge in [0.1, 0.15) is 0 Å². The molecule has 184 valence electrons. The number of hydrogen-bond acceptors (Lipinski definition) is 9. The molecule has 1 amide bonds. The van der Waals surface area contributed by atoms with Crippen LogP contribution < -0.4 is 11.2 Å². The summed E-state index contributed by atoms with van der Waals surface area (Å²) >= 11 is 0. The fourth-order valence-electron chi connectivity index (χ4n) is 4.39. The van der Waals surface area contributed by atoms with Gasteiger partial charge in [-0.05, 0) is 59.7 Å². The number of nitrogen functional groups attached to an aromatic ring is 1. The van der Waals surface area contributed by atoms with Crippen LogP contribution in [0.5, 0.6) is 0 Å². The number of likely N-dealkylation sites (tertiary alicyclic amines) is 1. The predicted molar refractivity (Wildman–Crippen MR) is 133 cm³/mol. The molecule has 36 heavy (non-hydrogen) atoms. The largest absolute Gasteiger partial charge is 0.378 e. The van der Waals surface area contributed by atoms with Crippen molar-refractivity contribution in [3.63, 3.8) is 0 Å². The maximum atomic E-state index is 13.0. The molecule has 1 aliphatic heterocycles. The summed E-state index contributed by atoms with van der Waals surface area (Å²) in [4.78, 5) is 15.3. The van der Waals surface area contributed by atoms with Crippen LogP contribution in [0.2, 0.25) is 0 Å². The van der Waals surface area contributed by atoms with Crippen LogP contribution in [0.25, 0.3) is 5.82 Å². The number of rotatable bonds is 8. The molecule has 0 spiro atoms. The van der Waals surface area contributed by atoms with Gasteiger partial charge in [0.15, 0.2) is 5.69 Å². The van der Waals surface area contributed by atoms with Crippen LogP contribution in [0.1, 0.15) is 40.2 Å². The molecule has 0 radical (unpaired) electrons. The first-order chi connectivity index (χ1) is 17.7. The molecule has 11 heteroatoms. The average Bonchev–Trinajstić information content (AvgIpc) is 3.52. The molecule has 4 aromatic rings. The standard InChI is InChI=1S/C25H27N9O2/c26-23-24(31-36-30-23)34-21(17-33-13-11-19(12-14-33)15-18-7-3-1-4-8-18)22(28-32-34)25(35)29-27-16-20-9-5-2-6-10-20/h1-10,16,19H,11-15,17H2,(H2,26,30)(H,29,35). The number of anilines is 1. The summed E-state index contributed by atoms with van der Waals surface area (Å²) in [6.45, 7) is 2.23. The summed E-state index contributed by atoms with van der Waals surface area (Å²) in [5.41, 5.74) is 11.4. The van der Waals surface area contributed by atoms with Gasteiger partial charge in [0, 0.05) is 6.54 Å². The molecule has 3 heterocycles. The van der Waals surface area contributed by atoms with Crippen LogP contribution in [0.4, 0.5) is 5.82 Å². The zero-order chi connectivity index (χ0) is 24.7. The van der Waals surface area contributed by atoms with E-state index < -0.39 is 5.91 Å². The lowest BCUT2D eigenvalue weighted by Crippen LogP contribution is -2.35. The van der Waals surface area contributed by atoms with Crippen molar-refractivity contribution in [1.29, 1.82) is 0 Å². The molecule has 1 fully saturated rings. The van der Waals surface area contributed by atoms with Crippen LogP contribution >= 0.6 is 0 Å². The topological polar surface area (TPSA) is 140 Å². The second kappa shape index (κ2) is 10.9. The van der Waals surface area contributed by atoms with Crippen LogP contribution in [0, 0.1) is 5.92 Å². The van der Waals surface area contributed by atoms with E-state index >= 15 is 0 Å². The minimum atomic E-state index is -0.475. The molecule has 0 atom stereocenters. The molecule has 0 aliphatic carbocycles. The third kappa shape index (κ3) is 5.47. The lowest BCUT2D eigenvalue weighted by atomic mass is 9.90. The van der Waals surface area contributed by atoms with Gasteiger partial charge in [-0.2, -0.15) is 9.78 Å². The van der Waals surface area contributed by atoms with E-state index in [1.165, 1.54) is 10.2 Å². The highest BCUT2D eigenvalue weighted by Crippen LogP contribution is 2.24. The Morgan fingerprint density at radius 1 is 1.08 bits per heavy atom. The molecule has 5 rings (SSSR count). The molecule has 2 aromatic carbocycles. The van der Waals surface area contributed by atoms with Crippen molar-refractivity contribution in [3.05, 3.63) is 83.2 Å². The average molecular weight is 486 g/mol. The van der Waals surface area contributed by atoms with Crippen molar-refractivity contribution in [1.82, 2.24) is 35.6 Å². The van der Waals surface area contributed by atoms with Crippen molar-refractivity contribution in [3.8, 4) is 5.82 Å². The van der Waals surface area contributed by atoms with Gasteiger partial charge in [0.05, 0.1) is 11.9 Å². The highest BCUT2D eigenvalue weighted by molar-refractivity contribution is 5.94. The maximum Gasteiger partial charge on any atom is 0.293 e. The van der Waals surface area contributed by atoms with Crippen LogP contribution in [-0.2, 0) is 13.0 Å². The Balaban J connectivity index is 1.29. The van der Waals surface area contributed by atoms with Crippen molar-refractivity contribution in [2.75, 3.05) is 18.8 Å². The highest BCUT2D eigenvalue weighted by Gasteiger charge is 2.27. The minimum absolute atomic E-state index is 0.0665. The molecule has 0 saturated carbocycles. The van der Waals surface area contributed by atoms with Gasteiger partial charge in [0.25, 0.3) is 5.91 Å². The number of nitrogens with zero attached hydrogens (tertiary/aromatic N) is 7. The second-order valence-electron chi connectivity index (χ2n) is 8.79. The number of aromatic nitrogens is 5. The number of carbonyl (C=O) groups is 1. The molecule has 11 nitrogen and oxygen atoms in total.